The van der Waals surface area contributed by atoms with E-state index in [0.717, 1.165) is 43.1 Å². The van der Waals surface area contributed by atoms with E-state index in [2.05, 4.69) is 20.6 Å². The first-order chi connectivity index (χ1) is 8.76. The lowest BCUT2D eigenvalue weighted by Crippen LogP contribution is -2.38. The van der Waals surface area contributed by atoms with Crippen molar-refractivity contribution in [1.82, 2.24) is 20.6 Å². The number of likely N-dealkylation sites (N-methyl/N-ethyl adjacent to an activating group) is 2. The van der Waals surface area contributed by atoms with Crippen molar-refractivity contribution < 1.29 is 4.79 Å². The van der Waals surface area contributed by atoms with Crippen molar-refractivity contribution in [1.29, 1.82) is 0 Å². The van der Waals surface area contributed by atoms with Crippen LogP contribution in [0.4, 0.5) is 5.82 Å². The van der Waals surface area contributed by atoms with Crippen LogP contribution in [0.5, 0.6) is 0 Å². The van der Waals surface area contributed by atoms with Crippen molar-refractivity contribution in [3.63, 3.8) is 0 Å². The van der Waals surface area contributed by atoms with Gasteiger partial charge < -0.3 is 15.5 Å². The number of aromatic nitrogens is 2. The molecule has 0 fully saturated rings. The fourth-order valence-corrected chi connectivity index (χ4v) is 2.12. The molecule has 0 saturated carbocycles. The van der Waals surface area contributed by atoms with Crippen LogP contribution in [0.3, 0.4) is 0 Å². The van der Waals surface area contributed by atoms with E-state index in [9.17, 15) is 4.79 Å². The summed E-state index contributed by atoms with van der Waals surface area (Å²) in [6.07, 6.45) is 2.51. The first kappa shape index (κ1) is 12.8. The van der Waals surface area contributed by atoms with Gasteiger partial charge in [-0.25, -0.2) is 9.97 Å². The summed E-state index contributed by atoms with van der Waals surface area (Å²) in [7, 11) is 1.65. The van der Waals surface area contributed by atoms with Crippen LogP contribution in [0.2, 0.25) is 0 Å². The third kappa shape index (κ3) is 2.59. The third-order valence-electron chi connectivity index (χ3n) is 3.15. The monoisotopic (exact) mass is 249 g/mol. The SMILES string of the molecule is CCN(CC(=O)NC)c1ncnc2c1CNCC2. The van der Waals surface area contributed by atoms with Crippen molar-refractivity contribution in [2.24, 2.45) is 0 Å². The van der Waals surface area contributed by atoms with Crippen molar-refractivity contribution in [2.75, 3.05) is 31.6 Å². The number of fused-ring (bicyclic) bond motifs is 1. The van der Waals surface area contributed by atoms with Crippen LogP contribution in [0.1, 0.15) is 18.2 Å². The van der Waals surface area contributed by atoms with Gasteiger partial charge in [0, 0.05) is 38.7 Å². The average molecular weight is 249 g/mol. The Labute approximate surface area is 107 Å². The molecule has 1 aromatic heterocycles. The molecule has 0 spiro atoms. The summed E-state index contributed by atoms with van der Waals surface area (Å²) in [4.78, 5) is 22.2. The van der Waals surface area contributed by atoms with Crippen molar-refractivity contribution in [3.05, 3.63) is 17.6 Å². The molecule has 0 radical (unpaired) electrons. The fraction of sp³-hybridized carbons (Fsp3) is 0.583. The standard InChI is InChI=1S/C12H19N5O/c1-3-17(7-11(18)13-2)12-9-6-14-5-4-10(9)15-8-16-12/h8,14H,3-7H2,1-2H3,(H,13,18). The van der Waals surface area contributed by atoms with E-state index in [1.807, 2.05) is 11.8 Å². The molecule has 0 bridgehead atoms. The van der Waals surface area contributed by atoms with Crippen molar-refractivity contribution in [3.8, 4) is 0 Å². The Hall–Kier alpha value is -1.69. The largest absolute Gasteiger partial charge is 0.358 e. The molecule has 98 valence electrons. The lowest BCUT2D eigenvalue weighted by atomic mass is 10.1. The molecule has 1 aliphatic heterocycles. The van der Waals surface area contributed by atoms with Crippen LogP contribution < -0.4 is 15.5 Å². The fourth-order valence-electron chi connectivity index (χ4n) is 2.12. The summed E-state index contributed by atoms with van der Waals surface area (Å²) in [6, 6.07) is 0. The van der Waals surface area contributed by atoms with E-state index in [-0.39, 0.29) is 5.91 Å². The van der Waals surface area contributed by atoms with Crippen molar-refractivity contribution in [2.45, 2.75) is 19.9 Å². The summed E-state index contributed by atoms with van der Waals surface area (Å²) in [5.74, 6) is 0.867. The minimum Gasteiger partial charge on any atom is -0.358 e. The third-order valence-corrected chi connectivity index (χ3v) is 3.15. The first-order valence-corrected chi connectivity index (χ1v) is 6.25. The first-order valence-electron chi connectivity index (χ1n) is 6.25. The van der Waals surface area contributed by atoms with Gasteiger partial charge in [0.15, 0.2) is 0 Å². The second-order valence-electron chi connectivity index (χ2n) is 4.24. The quantitative estimate of drug-likeness (QED) is 0.766. The number of hydrogen-bond acceptors (Lipinski definition) is 5. The number of nitrogens with one attached hydrogen (secondary N) is 2. The van der Waals surface area contributed by atoms with E-state index < -0.39 is 0 Å². The molecule has 1 amide bonds. The summed E-state index contributed by atoms with van der Waals surface area (Å²) in [5, 5.41) is 5.96. The second kappa shape index (κ2) is 5.77. The predicted molar refractivity (Wildman–Crippen MR) is 69.4 cm³/mol. The summed E-state index contributed by atoms with van der Waals surface area (Å²) >= 11 is 0. The summed E-state index contributed by atoms with van der Waals surface area (Å²) in [6.45, 7) is 4.82. The number of carbonyl (C=O) groups is 1. The molecule has 2 heterocycles. The molecular weight excluding hydrogens is 230 g/mol. The van der Waals surface area contributed by atoms with E-state index in [1.165, 1.54) is 0 Å². The highest BCUT2D eigenvalue weighted by molar-refractivity contribution is 5.81. The molecule has 2 rings (SSSR count). The number of rotatable bonds is 4. The van der Waals surface area contributed by atoms with Gasteiger partial charge in [-0.1, -0.05) is 0 Å². The van der Waals surface area contributed by atoms with E-state index in [0.29, 0.717) is 6.54 Å². The van der Waals surface area contributed by atoms with Gasteiger partial charge in [-0.2, -0.15) is 0 Å². The number of nitrogens with zero attached hydrogens (tertiary/aromatic N) is 3. The molecule has 1 aromatic rings. The van der Waals surface area contributed by atoms with Crippen LogP contribution in [0.15, 0.2) is 6.33 Å². The molecule has 0 saturated heterocycles. The van der Waals surface area contributed by atoms with Gasteiger partial charge in [0.1, 0.15) is 12.1 Å². The number of hydrogen-bond donors (Lipinski definition) is 2. The zero-order valence-electron chi connectivity index (χ0n) is 10.9. The Bertz CT molecular complexity index is 434. The van der Waals surface area contributed by atoms with E-state index in [4.69, 9.17) is 0 Å². The van der Waals surface area contributed by atoms with Crippen LogP contribution in [-0.4, -0.2) is 42.6 Å². The lowest BCUT2D eigenvalue weighted by Gasteiger charge is -2.26. The maximum Gasteiger partial charge on any atom is 0.239 e. The minimum atomic E-state index is -0.00650. The normalized spacial score (nSPS) is 13.9. The van der Waals surface area contributed by atoms with Crippen molar-refractivity contribution >= 4 is 11.7 Å². The Morgan fingerprint density at radius 1 is 1.56 bits per heavy atom. The van der Waals surface area contributed by atoms with Gasteiger partial charge in [-0.15, -0.1) is 0 Å². The second-order valence-corrected chi connectivity index (χ2v) is 4.24. The van der Waals surface area contributed by atoms with Gasteiger partial charge in [0.05, 0.1) is 12.2 Å². The Kier molecular flexibility index (Phi) is 4.09. The topological polar surface area (TPSA) is 70.2 Å². The van der Waals surface area contributed by atoms with Crippen LogP contribution >= 0.6 is 0 Å². The zero-order chi connectivity index (χ0) is 13.0. The molecule has 0 aliphatic carbocycles. The smallest absolute Gasteiger partial charge is 0.239 e. The van der Waals surface area contributed by atoms with Crippen LogP contribution in [0, 0.1) is 0 Å². The molecule has 2 N–H and O–H groups in total. The molecule has 0 atom stereocenters. The molecule has 0 unspecified atom stereocenters. The highest BCUT2D eigenvalue weighted by Gasteiger charge is 2.19. The van der Waals surface area contributed by atoms with Gasteiger partial charge in [-0.05, 0) is 6.92 Å². The highest BCUT2D eigenvalue weighted by Crippen LogP contribution is 2.21. The molecular formula is C12H19N5O. The van der Waals surface area contributed by atoms with Crippen LogP contribution in [0.25, 0.3) is 0 Å². The van der Waals surface area contributed by atoms with Gasteiger partial charge in [0.25, 0.3) is 0 Å². The predicted octanol–water partition coefficient (Wildman–Crippen LogP) is -0.305. The molecule has 6 heteroatoms. The highest BCUT2D eigenvalue weighted by atomic mass is 16.1. The molecule has 1 aliphatic rings. The maximum atomic E-state index is 11.5. The lowest BCUT2D eigenvalue weighted by molar-refractivity contribution is -0.119. The molecule has 0 aromatic carbocycles. The van der Waals surface area contributed by atoms with E-state index >= 15 is 0 Å². The van der Waals surface area contributed by atoms with Gasteiger partial charge >= 0.3 is 0 Å². The minimum absolute atomic E-state index is 0.00650. The summed E-state index contributed by atoms with van der Waals surface area (Å²) in [5.41, 5.74) is 2.21. The Morgan fingerprint density at radius 2 is 2.39 bits per heavy atom. The van der Waals surface area contributed by atoms with Gasteiger partial charge in [0.2, 0.25) is 5.91 Å². The van der Waals surface area contributed by atoms with Gasteiger partial charge in [-0.3, -0.25) is 4.79 Å². The molecule has 6 nitrogen and oxygen atoms in total. The zero-order valence-corrected chi connectivity index (χ0v) is 10.9. The maximum absolute atomic E-state index is 11.5. The number of carbonyl (C=O) groups excluding carboxylic acids is 1. The average Bonchev–Trinajstić information content (AvgIpc) is 2.44. The Balaban J connectivity index is 2.27. The Morgan fingerprint density at radius 3 is 3.11 bits per heavy atom. The molecule has 18 heavy (non-hydrogen) atoms. The number of amides is 1. The number of anilines is 1. The summed E-state index contributed by atoms with van der Waals surface area (Å²) < 4.78 is 0. The van der Waals surface area contributed by atoms with E-state index in [1.54, 1.807) is 13.4 Å². The van der Waals surface area contributed by atoms with Crippen LogP contribution in [-0.2, 0) is 17.8 Å².